The molecule has 15 heavy (non-hydrogen) atoms. The summed E-state index contributed by atoms with van der Waals surface area (Å²) in [5.41, 5.74) is 0.468. The van der Waals surface area contributed by atoms with Gasteiger partial charge in [0.2, 0.25) is 0 Å². The van der Waals surface area contributed by atoms with E-state index in [9.17, 15) is 0 Å². The van der Waals surface area contributed by atoms with Crippen LogP contribution in [0.5, 0.6) is 0 Å². The van der Waals surface area contributed by atoms with Gasteiger partial charge in [0.15, 0.2) is 0 Å². The predicted molar refractivity (Wildman–Crippen MR) is 75.5 cm³/mol. The molecule has 1 aliphatic rings. The van der Waals surface area contributed by atoms with Gasteiger partial charge in [0.05, 0.1) is 1.37 Å². The first-order chi connectivity index (χ1) is 7.67. The second-order valence-corrected chi connectivity index (χ2v) is 6.26. The zero-order valence-corrected chi connectivity index (χ0v) is 11.9. The first-order valence-electron chi connectivity index (χ1n) is 6.62. The molecule has 0 aromatic heterocycles. The van der Waals surface area contributed by atoms with Crippen LogP contribution in [0.1, 0.15) is 54.2 Å². The molecular weight excluding hydrogens is 220 g/mol. The molecule has 0 unspecified atom stereocenters. The second-order valence-electron chi connectivity index (χ2n) is 4.41. The van der Waals surface area contributed by atoms with Crippen molar-refractivity contribution in [2.24, 2.45) is 5.41 Å². The smallest absolute Gasteiger partial charge is 0.0705 e. The fourth-order valence-electron chi connectivity index (χ4n) is 1.70. The SMILES string of the molecule is [2H]C1=C(CCCC)SCC(CC)(CC)CS1. The molecule has 1 rings (SSSR count). The van der Waals surface area contributed by atoms with Gasteiger partial charge in [-0.25, -0.2) is 0 Å². The van der Waals surface area contributed by atoms with Gasteiger partial charge >= 0.3 is 0 Å². The van der Waals surface area contributed by atoms with E-state index in [1.54, 1.807) is 11.8 Å². The lowest BCUT2D eigenvalue weighted by molar-refractivity contribution is 0.357. The molecule has 2 heteroatoms. The van der Waals surface area contributed by atoms with Crippen molar-refractivity contribution >= 4 is 23.5 Å². The zero-order chi connectivity index (χ0) is 12.0. The summed E-state index contributed by atoms with van der Waals surface area (Å²) in [5.74, 6) is 2.36. The van der Waals surface area contributed by atoms with E-state index in [0.717, 1.165) is 17.6 Å². The van der Waals surface area contributed by atoms with Gasteiger partial charge in [-0.15, -0.1) is 23.5 Å². The van der Waals surface area contributed by atoms with Gasteiger partial charge in [-0.2, -0.15) is 0 Å². The lowest BCUT2D eigenvalue weighted by Crippen LogP contribution is -2.24. The number of allylic oxidation sites excluding steroid dienone is 1. The van der Waals surface area contributed by atoms with E-state index in [1.807, 2.05) is 11.8 Å². The van der Waals surface area contributed by atoms with Crippen LogP contribution in [0.15, 0.2) is 10.3 Å². The first kappa shape index (κ1) is 11.9. The largest absolute Gasteiger partial charge is 0.133 e. The molecule has 1 heterocycles. The van der Waals surface area contributed by atoms with E-state index in [-0.39, 0.29) is 0 Å². The zero-order valence-electron chi connectivity index (χ0n) is 11.3. The third kappa shape index (κ3) is 4.07. The minimum Gasteiger partial charge on any atom is -0.133 e. The third-order valence-electron chi connectivity index (χ3n) is 3.37. The Morgan fingerprint density at radius 2 is 2.07 bits per heavy atom. The van der Waals surface area contributed by atoms with Gasteiger partial charge in [0.1, 0.15) is 0 Å². The Hall–Kier alpha value is 0.440. The van der Waals surface area contributed by atoms with Crippen LogP contribution in [0.25, 0.3) is 0 Å². The van der Waals surface area contributed by atoms with Crippen molar-refractivity contribution in [2.45, 2.75) is 52.9 Å². The molecule has 0 N–H and O–H groups in total. The maximum absolute atomic E-state index is 8.10. The minimum atomic E-state index is 0.468. The maximum Gasteiger partial charge on any atom is 0.0705 e. The van der Waals surface area contributed by atoms with Crippen molar-refractivity contribution in [1.82, 2.24) is 0 Å². The van der Waals surface area contributed by atoms with Crippen molar-refractivity contribution in [2.75, 3.05) is 11.5 Å². The summed E-state index contributed by atoms with van der Waals surface area (Å²) in [6, 6.07) is 0. The minimum absolute atomic E-state index is 0.468. The summed E-state index contributed by atoms with van der Waals surface area (Å²) in [6.45, 7) is 6.82. The number of thioether (sulfide) groups is 2. The van der Waals surface area contributed by atoms with E-state index < -0.39 is 0 Å². The van der Waals surface area contributed by atoms with Crippen LogP contribution in [0.4, 0.5) is 0 Å². The Kier molecular flexibility index (Phi) is 5.48. The average Bonchev–Trinajstić information content (AvgIpc) is 2.48. The summed E-state index contributed by atoms with van der Waals surface area (Å²) in [7, 11) is 0. The molecule has 0 saturated heterocycles. The van der Waals surface area contributed by atoms with Crippen molar-refractivity contribution in [3.63, 3.8) is 0 Å². The van der Waals surface area contributed by atoms with Crippen LogP contribution in [-0.2, 0) is 0 Å². The number of hydrogen-bond donors (Lipinski definition) is 0. The lowest BCUT2D eigenvalue weighted by Gasteiger charge is -2.29. The van der Waals surface area contributed by atoms with E-state index >= 15 is 0 Å². The van der Waals surface area contributed by atoms with Gasteiger partial charge in [-0.3, -0.25) is 0 Å². The Labute approximate surface area is 105 Å². The molecule has 0 atom stereocenters. The molecule has 0 nitrogen and oxygen atoms in total. The molecule has 0 aromatic carbocycles. The molecule has 0 aromatic rings. The third-order valence-corrected chi connectivity index (χ3v) is 6.06. The quantitative estimate of drug-likeness (QED) is 0.644. The molecule has 0 fully saturated rings. The van der Waals surface area contributed by atoms with Crippen molar-refractivity contribution < 1.29 is 1.37 Å². The highest BCUT2D eigenvalue weighted by molar-refractivity contribution is 8.06. The number of hydrogen-bond acceptors (Lipinski definition) is 2. The monoisotopic (exact) mass is 245 g/mol. The first-order valence-corrected chi connectivity index (χ1v) is 8.10. The van der Waals surface area contributed by atoms with Crippen molar-refractivity contribution in [3.05, 3.63) is 10.3 Å². The number of rotatable bonds is 5. The fraction of sp³-hybridized carbons (Fsp3) is 0.846. The van der Waals surface area contributed by atoms with Crippen molar-refractivity contribution in [1.29, 1.82) is 0 Å². The van der Waals surface area contributed by atoms with Crippen LogP contribution >= 0.6 is 23.5 Å². The summed E-state index contributed by atoms with van der Waals surface area (Å²) in [5, 5.41) is 0.849. The van der Waals surface area contributed by atoms with E-state index in [4.69, 9.17) is 1.37 Å². The maximum atomic E-state index is 8.10. The normalized spacial score (nSPS) is 22.5. The van der Waals surface area contributed by atoms with Gasteiger partial charge in [-0.1, -0.05) is 27.2 Å². The van der Waals surface area contributed by atoms with Gasteiger partial charge < -0.3 is 0 Å². The summed E-state index contributed by atoms with van der Waals surface area (Å²) >= 11 is 3.74. The Morgan fingerprint density at radius 3 is 2.67 bits per heavy atom. The van der Waals surface area contributed by atoms with E-state index in [2.05, 4.69) is 20.8 Å². The molecule has 0 saturated carbocycles. The molecule has 0 aliphatic carbocycles. The van der Waals surface area contributed by atoms with Gasteiger partial charge in [0.25, 0.3) is 0 Å². The van der Waals surface area contributed by atoms with Crippen LogP contribution in [0.3, 0.4) is 0 Å². The van der Waals surface area contributed by atoms with Crippen LogP contribution in [-0.4, -0.2) is 11.5 Å². The van der Waals surface area contributed by atoms with E-state index in [0.29, 0.717) is 5.41 Å². The lowest BCUT2D eigenvalue weighted by atomic mass is 9.87. The highest BCUT2D eigenvalue weighted by Crippen LogP contribution is 2.42. The summed E-state index contributed by atoms with van der Waals surface area (Å²) in [6.07, 6.45) is 6.08. The second kappa shape index (κ2) is 6.90. The predicted octanol–water partition coefficient (Wildman–Crippen LogP) is 5.30. The topological polar surface area (TPSA) is 0 Å². The summed E-state index contributed by atoms with van der Waals surface area (Å²) in [4.78, 5) is 1.34. The van der Waals surface area contributed by atoms with Crippen LogP contribution in [0.2, 0.25) is 0 Å². The molecule has 1 aliphatic heterocycles. The molecular formula is C13H24S2. The summed E-state index contributed by atoms with van der Waals surface area (Å²) < 4.78 is 8.10. The molecule has 0 amide bonds. The number of unbranched alkanes of at least 4 members (excludes halogenated alkanes) is 1. The highest BCUT2D eigenvalue weighted by atomic mass is 32.2. The Morgan fingerprint density at radius 1 is 1.33 bits per heavy atom. The van der Waals surface area contributed by atoms with Crippen LogP contribution in [0, 0.1) is 5.41 Å². The Balaban J connectivity index is 2.63. The molecule has 0 radical (unpaired) electrons. The Bertz CT molecular complexity index is 244. The van der Waals surface area contributed by atoms with Gasteiger partial charge in [-0.05, 0) is 41.4 Å². The molecule has 0 spiro atoms. The average molecular weight is 245 g/mol. The van der Waals surface area contributed by atoms with E-state index in [1.165, 1.54) is 36.3 Å². The molecule has 88 valence electrons. The van der Waals surface area contributed by atoms with Gasteiger partial charge in [0, 0.05) is 11.5 Å². The molecule has 0 bridgehead atoms. The van der Waals surface area contributed by atoms with Crippen LogP contribution < -0.4 is 0 Å². The van der Waals surface area contributed by atoms with Crippen molar-refractivity contribution in [3.8, 4) is 0 Å². The highest BCUT2D eigenvalue weighted by Gasteiger charge is 2.28. The standard InChI is InChI=1S/C13H24S2/c1-4-7-8-12-9-14-10-13(5-2,6-3)11-15-12/h9H,4-8,10-11H2,1-3H3/i9D. The fourth-order valence-corrected chi connectivity index (χ4v) is 4.67.